The van der Waals surface area contributed by atoms with Gasteiger partial charge in [0.05, 0.1) is 6.33 Å². The molecule has 2 heterocycles. The Morgan fingerprint density at radius 2 is 2.11 bits per heavy atom. The number of imidazole rings is 1. The van der Waals surface area contributed by atoms with Crippen LogP contribution in [0.3, 0.4) is 0 Å². The van der Waals surface area contributed by atoms with E-state index in [4.69, 9.17) is 0 Å². The van der Waals surface area contributed by atoms with Gasteiger partial charge in [0.1, 0.15) is 0 Å². The molecule has 3 rings (SSSR count). The summed E-state index contributed by atoms with van der Waals surface area (Å²) in [5.74, 6) is 1.78. The van der Waals surface area contributed by atoms with E-state index in [1.807, 2.05) is 6.20 Å². The van der Waals surface area contributed by atoms with Gasteiger partial charge in [0.15, 0.2) is 0 Å². The van der Waals surface area contributed by atoms with Gasteiger partial charge >= 0.3 is 0 Å². The molecule has 4 heteroatoms. The molecule has 0 spiro atoms. The van der Waals surface area contributed by atoms with Crippen molar-refractivity contribution in [2.75, 3.05) is 13.1 Å². The van der Waals surface area contributed by atoms with Crippen molar-refractivity contribution in [1.29, 1.82) is 0 Å². The van der Waals surface area contributed by atoms with Crippen molar-refractivity contribution in [3.63, 3.8) is 0 Å². The first kappa shape index (κ1) is 11.8. The van der Waals surface area contributed by atoms with Gasteiger partial charge in [-0.3, -0.25) is 4.79 Å². The quantitative estimate of drug-likeness (QED) is 0.887. The number of piperidine rings is 1. The molecule has 2 aliphatic rings. The number of carbonyl (C=O) groups excluding carboxylic acids is 1. The molecule has 0 aromatic carbocycles. The molecule has 0 radical (unpaired) electrons. The fraction of sp³-hybridized carbons (Fsp3) is 0.714. The molecule has 1 aromatic heterocycles. The van der Waals surface area contributed by atoms with Gasteiger partial charge in [0.2, 0.25) is 5.91 Å². The van der Waals surface area contributed by atoms with Crippen LogP contribution in [-0.2, 0) is 4.79 Å². The summed E-state index contributed by atoms with van der Waals surface area (Å²) in [6, 6.07) is 0. The van der Waals surface area contributed by atoms with E-state index in [0.717, 1.165) is 44.7 Å². The third kappa shape index (κ3) is 2.74. The van der Waals surface area contributed by atoms with Gasteiger partial charge in [0, 0.05) is 37.3 Å². The topological polar surface area (TPSA) is 49.0 Å². The minimum Gasteiger partial charge on any atom is -0.348 e. The summed E-state index contributed by atoms with van der Waals surface area (Å²) in [7, 11) is 0. The number of rotatable bonds is 4. The Labute approximate surface area is 108 Å². The Morgan fingerprint density at radius 3 is 2.72 bits per heavy atom. The van der Waals surface area contributed by atoms with Gasteiger partial charge in [-0.05, 0) is 25.2 Å². The van der Waals surface area contributed by atoms with E-state index < -0.39 is 0 Å². The van der Waals surface area contributed by atoms with Crippen molar-refractivity contribution in [1.82, 2.24) is 14.9 Å². The lowest BCUT2D eigenvalue weighted by atomic mass is 9.94. The SMILES string of the molecule is O=C(CCC1CC1)N1CCC(c2cnc[nH]2)CC1. The first-order valence-electron chi connectivity index (χ1n) is 7.09. The number of nitrogens with one attached hydrogen (secondary N) is 1. The van der Waals surface area contributed by atoms with Crippen LogP contribution in [0.1, 0.15) is 50.1 Å². The van der Waals surface area contributed by atoms with E-state index in [9.17, 15) is 4.79 Å². The summed E-state index contributed by atoms with van der Waals surface area (Å²) in [6.07, 6.45) is 10.3. The molecule has 18 heavy (non-hydrogen) atoms. The normalized spacial score (nSPS) is 21.2. The number of aromatic amines is 1. The van der Waals surface area contributed by atoms with Gasteiger partial charge in [-0.15, -0.1) is 0 Å². The van der Waals surface area contributed by atoms with E-state index in [1.54, 1.807) is 6.33 Å². The molecule has 1 saturated heterocycles. The van der Waals surface area contributed by atoms with Crippen molar-refractivity contribution in [3.8, 4) is 0 Å². The Balaban J connectivity index is 1.45. The number of hydrogen-bond donors (Lipinski definition) is 1. The lowest BCUT2D eigenvalue weighted by Gasteiger charge is -2.31. The maximum Gasteiger partial charge on any atom is 0.222 e. The van der Waals surface area contributed by atoms with E-state index in [2.05, 4.69) is 14.9 Å². The second-order valence-electron chi connectivity index (χ2n) is 5.64. The molecule has 98 valence electrons. The molecule has 1 aliphatic carbocycles. The minimum absolute atomic E-state index is 0.366. The summed E-state index contributed by atoms with van der Waals surface area (Å²) in [5.41, 5.74) is 1.22. The Bertz CT molecular complexity index is 389. The van der Waals surface area contributed by atoms with Gasteiger partial charge in [0.25, 0.3) is 0 Å². The van der Waals surface area contributed by atoms with Crippen LogP contribution < -0.4 is 0 Å². The maximum absolute atomic E-state index is 12.0. The summed E-state index contributed by atoms with van der Waals surface area (Å²) in [5, 5.41) is 0. The van der Waals surface area contributed by atoms with E-state index in [0.29, 0.717) is 11.8 Å². The molecule has 1 saturated carbocycles. The molecule has 0 bridgehead atoms. The highest BCUT2D eigenvalue weighted by atomic mass is 16.2. The minimum atomic E-state index is 0.366. The van der Waals surface area contributed by atoms with E-state index in [1.165, 1.54) is 18.5 Å². The average Bonchev–Trinajstić information content (AvgIpc) is 3.08. The second kappa shape index (κ2) is 5.12. The monoisotopic (exact) mass is 247 g/mol. The number of H-pyrrole nitrogens is 1. The number of nitrogens with zero attached hydrogens (tertiary/aromatic N) is 2. The molecule has 2 fully saturated rings. The fourth-order valence-electron chi connectivity index (χ4n) is 2.82. The predicted octanol–water partition coefficient (Wildman–Crippen LogP) is 2.31. The van der Waals surface area contributed by atoms with Crippen LogP contribution in [0, 0.1) is 5.92 Å². The summed E-state index contributed by atoms with van der Waals surface area (Å²) in [6.45, 7) is 1.82. The number of likely N-dealkylation sites (tertiary alicyclic amines) is 1. The average molecular weight is 247 g/mol. The molecule has 1 N–H and O–H groups in total. The number of aromatic nitrogens is 2. The Morgan fingerprint density at radius 1 is 1.33 bits per heavy atom. The first-order chi connectivity index (χ1) is 8.83. The lowest BCUT2D eigenvalue weighted by molar-refractivity contribution is -0.132. The number of carbonyl (C=O) groups is 1. The van der Waals surface area contributed by atoms with Crippen molar-refractivity contribution in [3.05, 3.63) is 18.2 Å². The highest BCUT2D eigenvalue weighted by molar-refractivity contribution is 5.76. The van der Waals surface area contributed by atoms with Crippen molar-refractivity contribution in [2.45, 2.75) is 44.4 Å². The third-order valence-electron chi connectivity index (χ3n) is 4.27. The summed E-state index contributed by atoms with van der Waals surface area (Å²) < 4.78 is 0. The highest BCUT2D eigenvalue weighted by Crippen LogP contribution is 2.34. The molecular weight excluding hydrogens is 226 g/mol. The Kier molecular flexibility index (Phi) is 3.35. The summed E-state index contributed by atoms with van der Waals surface area (Å²) in [4.78, 5) is 21.3. The zero-order chi connectivity index (χ0) is 12.4. The molecule has 4 nitrogen and oxygen atoms in total. The lowest BCUT2D eigenvalue weighted by Crippen LogP contribution is -2.37. The van der Waals surface area contributed by atoms with Gasteiger partial charge in [-0.2, -0.15) is 0 Å². The van der Waals surface area contributed by atoms with Crippen molar-refractivity contribution in [2.24, 2.45) is 5.92 Å². The molecule has 0 unspecified atom stereocenters. The number of hydrogen-bond acceptors (Lipinski definition) is 2. The van der Waals surface area contributed by atoms with Gasteiger partial charge in [-0.1, -0.05) is 12.8 Å². The fourth-order valence-corrected chi connectivity index (χ4v) is 2.82. The Hall–Kier alpha value is -1.32. The second-order valence-corrected chi connectivity index (χ2v) is 5.64. The predicted molar refractivity (Wildman–Crippen MR) is 69.1 cm³/mol. The molecule has 1 aliphatic heterocycles. The van der Waals surface area contributed by atoms with Crippen LogP contribution in [0.4, 0.5) is 0 Å². The van der Waals surface area contributed by atoms with E-state index >= 15 is 0 Å². The zero-order valence-corrected chi connectivity index (χ0v) is 10.8. The molecular formula is C14H21N3O. The van der Waals surface area contributed by atoms with Crippen LogP contribution in [0.5, 0.6) is 0 Å². The van der Waals surface area contributed by atoms with Crippen molar-refractivity contribution >= 4 is 5.91 Å². The van der Waals surface area contributed by atoms with Crippen LogP contribution in [-0.4, -0.2) is 33.9 Å². The van der Waals surface area contributed by atoms with Crippen LogP contribution in [0.2, 0.25) is 0 Å². The number of amides is 1. The van der Waals surface area contributed by atoms with Crippen LogP contribution >= 0.6 is 0 Å². The third-order valence-corrected chi connectivity index (χ3v) is 4.27. The van der Waals surface area contributed by atoms with Gasteiger partial charge < -0.3 is 9.88 Å². The smallest absolute Gasteiger partial charge is 0.222 e. The molecule has 1 aromatic rings. The summed E-state index contributed by atoms with van der Waals surface area (Å²) >= 11 is 0. The van der Waals surface area contributed by atoms with E-state index in [-0.39, 0.29) is 0 Å². The largest absolute Gasteiger partial charge is 0.348 e. The first-order valence-corrected chi connectivity index (χ1v) is 7.09. The van der Waals surface area contributed by atoms with Gasteiger partial charge in [-0.25, -0.2) is 4.98 Å². The standard InChI is InChI=1S/C14H21N3O/c18-14(4-3-11-1-2-11)17-7-5-12(6-8-17)13-9-15-10-16-13/h9-12H,1-8H2,(H,15,16). The maximum atomic E-state index is 12.0. The van der Waals surface area contributed by atoms with Crippen LogP contribution in [0.15, 0.2) is 12.5 Å². The highest BCUT2D eigenvalue weighted by Gasteiger charge is 2.26. The molecule has 0 atom stereocenters. The zero-order valence-electron chi connectivity index (χ0n) is 10.8. The van der Waals surface area contributed by atoms with Crippen LogP contribution in [0.25, 0.3) is 0 Å². The van der Waals surface area contributed by atoms with Crippen molar-refractivity contribution < 1.29 is 4.79 Å². The molecule has 1 amide bonds.